The molecule has 0 bridgehead atoms. The molecule has 0 aliphatic carbocycles. The second kappa shape index (κ2) is 21.4. The fraction of sp³-hybridized carbons (Fsp3) is 0.697. The summed E-state index contributed by atoms with van der Waals surface area (Å²) < 4.78 is 10.4. The monoisotopic (exact) mass is 572 g/mol. The van der Waals surface area contributed by atoms with Crippen LogP contribution >= 0.6 is 0 Å². The van der Waals surface area contributed by atoms with Gasteiger partial charge in [0.2, 0.25) is 0 Å². The van der Waals surface area contributed by atoms with Gasteiger partial charge in [-0.2, -0.15) is 0 Å². The van der Waals surface area contributed by atoms with Crippen molar-refractivity contribution >= 4 is 18.0 Å². The van der Waals surface area contributed by atoms with Crippen LogP contribution in [0.2, 0.25) is 0 Å². The van der Waals surface area contributed by atoms with E-state index >= 15 is 0 Å². The number of unbranched alkanes of at least 4 members (excludes halogenated alkanes) is 1. The van der Waals surface area contributed by atoms with Crippen LogP contribution in [0.25, 0.3) is 6.08 Å². The normalized spacial score (nSPS) is 17.5. The molecule has 8 heteroatoms. The number of hydrogen-bond donors (Lipinski definition) is 0. The van der Waals surface area contributed by atoms with E-state index in [-0.39, 0.29) is 11.9 Å². The first-order chi connectivity index (χ1) is 20.0. The standard InChI is InChI=1S/C33H56N4O4/c1-5-9-18-34-19-10-20-36(24-17-33(39)41-8-4)27-28-37(29-31-14-12-30(6-2)13-15-31)22-11-21-35(26-25-34)23-16-32(38)40-7-3/h6,12-15H,2,5,7-11,16-29H2,1,3-4H3. The number of ether oxygens (including phenoxy) is 2. The third kappa shape index (κ3) is 15.5. The van der Waals surface area contributed by atoms with Gasteiger partial charge in [-0.25, -0.2) is 0 Å². The highest BCUT2D eigenvalue weighted by atomic mass is 16.5. The Morgan fingerprint density at radius 3 is 1.63 bits per heavy atom. The van der Waals surface area contributed by atoms with E-state index in [2.05, 4.69) is 57.4 Å². The molecule has 0 atom stereocenters. The molecule has 1 aliphatic heterocycles. The lowest BCUT2D eigenvalue weighted by atomic mass is 10.1. The van der Waals surface area contributed by atoms with Crippen molar-refractivity contribution in [2.45, 2.75) is 65.8 Å². The summed E-state index contributed by atoms with van der Waals surface area (Å²) in [6.45, 7) is 21.9. The van der Waals surface area contributed by atoms with Gasteiger partial charge in [-0.15, -0.1) is 0 Å². The molecule has 41 heavy (non-hydrogen) atoms. The molecular weight excluding hydrogens is 516 g/mol. The van der Waals surface area contributed by atoms with Gasteiger partial charge in [-0.1, -0.05) is 50.3 Å². The minimum atomic E-state index is -0.112. The van der Waals surface area contributed by atoms with E-state index in [1.807, 2.05) is 19.9 Å². The molecule has 0 amide bonds. The summed E-state index contributed by atoms with van der Waals surface area (Å²) in [5, 5.41) is 0. The molecule has 1 aromatic rings. The first-order valence-electron chi connectivity index (χ1n) is 15.9. The van der Waals surface area contributed by atoms with Gasteiger partial charge in [-0.3, -0.25) is 14.5 Å². The van der Waals surface area contributed by atoms with Crippen molar-refractivity contribution in [2.24, 2.45) is 0 Å². The summed E-state index contributed by atoms with van der Waals surface area (Å²) in [5.41, 5.74) is 2.42. The number of benzene rings is 1. The number of rotatable bonds is 14. The molecule has 0 radical (unpaired) electrons. The van der Waals surface area contributed by atoms with E-state index in [1.54, 1.807) is 0 Å². The van der Waals surface area contributed by atoms with E-state index in [4.69, 9.17) is 9.47 Å². The quantitative estimate of drug-likeness (QED) is 0.301. The van der Waals surface area contributed by atoms with Gasteiger partial charge in [-0.05, 0) is 77.0 Å². The van der Waals surface area contributed by atoms with Gasteiger partial charge in [0.05, 0.1) is 26.1 Å². The molecule has 0 unspecified atom stereocenters. The van der Waals surface area contributed by atoms with Crippen LogP contribution in [0.4, 0.5) is 0 Å². The van der Waals surface area contributed by atoms with Crippen molar-refractivity contribution in [3.05, 3.63) is 42.0 Å². The average molecular weight is 573 g/mol. The maximum atomic E-state index is 12.1. The van der Waals surface area contributed by atoms with Gasteiger partial charge >= 0.3 is 11.9 Å². The van der Waals surface area contributed by atoms with Crippen LogP contribution in [0.3, 0.4) is 0 Å². The Hall–Kier alpha value is -2.26. The smallest absolute Gasteiger partial charge is 0.307 e. The molecule has 1 aromatic carbocycles. The summed E-state index contributed by atoms with van der Waals surface area (Å²) in [5.74, 6) is -0.221. The van der Waals surface area contributed by atoms with Crippen molar-refractivity contribution in [3.63, 3.8) is 0 Å². The second-order valence-corrected chi connectivity index (χ2v) is 10.9. The summed E-state index contributed by atoms with van der Waals surface area (Å²) >= 11 is 0. The van der Waals surface area contributed by atoms with Gasteiger partial charge in [0.1, 0.15) is 0 Å². The average Bonchev–Trinajstić information content (AvgIpc) is 2.97. The summed E-state index contributed by atoms with van der Waals surface area (Å²) in [6, 6.07) is 8.63. The van der Waals surface area contributed by atoms with Gasteiger partial charge in [0.15, 0.2) is 0 Å². The maximum absolute atomic E-state index is 12.1. The number of esters is 2. The lowest BCUT2D eigenvalue weighted by Gasteiger charge is -2.32. The first-order valence-corrected chi connectivity index (χ1v) is 15.9. The van der Waals surface area contributed by atoms with E-state index < -0.39 is 0 Å². The Bertz CT molecular complexity index is 863. The SMILES string of the molecule is C=Cc1ccc(CN2CCCN(CCC(=O)OCC)CCN(CCCC)CCCN(CCC(=O)OCC)CC2)cc1. The predicted molar refractivity (Wildman–Crippen MR) is 168 cm³/mol. The minimum absolute atomic E-state index is 0.109. The molecule has 1 aliphatic rings. The Morgan fingerprint density at radius 1 is 0.707 bits per heavy atom. The number of carbonyl (C=O) groups excluding carboxylic acids is 2. The highest BCUT2D eigenvalue weighted by Gasteiger charge is 2.17. The summed E-state index contributed by atoms with van der Waals surface area (Å²) in [6.07, 6.45) is 7.23. The van der Waals surface area contributed by atoms with Crippen molar-refractivity contribution in [1.82, 2.24) is 19.6 Å². The molecule has 0 N–H and O–H groups in total. The van der Waals surface area contributed by atoms with Crippen LogP contribution in [0.15, 0.2) is 30.8 Å². The number of hydrogen-bond acceptors (Lipinski definition) is 8. The molecule has 8 nitrogen and oxygen atoms in total. The molecule has 232 valence electrons. The second-order valence-electron chi connectivity index (χ2n) is 10.9. The Balaban J connectivity index is 2.13. The van der Waals surface area contributed by atoms with E-state index in [0.29, 0.717) is 26.1 Å². The highest BCUT2D eigenvalue weighted by Crippen LogP contribution is 2.11. The van der Waals surface area contributed by atoms with Crippen LogP contribution < -0.4 is 0 Å². The number of carbonyl (C=O) groups is 2. The van der Waals surface area contributed by atoms with E-state index in [0.717, 1.165) is 96.9 Å². The molecule has 0 saturated carbocycles. The molecule has 0 aromatic heterocycles. The largest absolute Gasteiger partial charge is 0.466 e. The predicted octanol–water partition coefficient (Wildman–Crippen LogP) is 4.54. The van der Waals surface area contributed by atoms with E-state index in [9.17, 15) is 9.59 Å². The summed E-state index contributed by atoms with van der Waals surface area (Å²) in [4.78, 5) is 34.2. The Kier molecular flexibility index (Phi) is 18.3. The maximum Gasteiger partial charge on any atom is 0.307 e. The number of nitrogens with zero attached hydrogens (tertiary/aromatic N) is 4. The molecule has 1 saturated heterocycles. The van der Waals surface area contributed by atoms with E-state index in [1.165, 1.54) is 18.4 Å². The van der Waals surface area contributed by atoms with Gasteiger partial charge < -0.3 is 24.2 Å². The van der Waals surface area contributed by atoms with Crippen molar-refractivity contribution in [2.75, 3.05) is 85.2 Å². The van der Waals surface area contributed by atoms with Crippen LogP contribution in [0.1, 0.15) is 70.4 Å². The van der Waals surface area contributed by atoms with Crippen LogP contribution in [0.5, 0.6) is 0 Å². The molecule has 2 rings (SSSR count). The van der Waals surface area contributed by atoms with Crippen LogP contribution in [-0.4, -0.2) is 117 Å². The van der Waals surface area contributed by atoms with Crippen LogP contribution in [-0.2, 0) is 25.6 Å². The fourth-order valence-corrected chi connectivity index (χ4v) is 5.24. The third-order valence-electron chi connectivity index (χ3n) is 7.69. The van der Waals surface area contributed by atoms with Gasteiger partial charge in [0.25, 0.3) is 0 Å². The summed E-state index contributed by atoms with van der Waals surface area (Å²) in [7, 11) is 0. The Morgan fingerprint density at radius 2 is 1.17 bits per heavy atom. The minimum Gasteiger partial charge on any atom is -0.466 e. The molecule has 0 spiro atoms. The van der Waals surface area contributed by atoms with Crippen molar-refractivity contribution in [3.8, 4) is 0 Å². The topological polar surface area (TPSA) is 65.6 Å². The highest BCUT2D eigenvalue weighted by molar-refractivity contribution is 5.69. The molecular formula is C33H56N4O4. The van der Waals surface area contributed by atoms with Crippen LogP contribution in [0, 0.1) is 0 Å². The zero-order valence-corrected chi connectivity index (χ0v) is 26.2. The van der Waals surface area contributed by atoms with Crippen molar-refractivity contribution in [1.29, 1.82) is 0 Å². The lowest BCUT2D eigenvalue weighted by molar-refractivity contribution is -0.144. The zero-order chi connectivity index (χ0) is 29.7. The first kappa shape index (κ1) is 34.9. The Labute approximate surface area is 249 Å². The molecule has 1 fully saturated rings. The van der Waals surface area contributed by atoms with Gasteiger partial charge in [0, 0.05) is 45.8 Å². The molecule has 1 heterocycles. The third-order valence-corrected chi connectivity index (χ3v) is 7.69. The zero-order valence-electron chi connectivity index (χ0n) is 26.2. The van der Waals surface area contributed by atoms with Crippen molar-refractivity contribution < 1.29 is 19.1 Å². The lowest BCUT2D eigenvalue weighted by Crippen LogP contribution is -2.42. The fourth-order valence-electron chi connectivity index (χ4n) is 5.24.